The first-order valence-corrected chi connectivity index (χ1v) is 5.32. The van der Waals surface area contributed by atoms with Gasteiger partial charge < -0.3 is 10.5 Å². The molecule has 0 radical (unpaired) electrons. The topological polar surface area (TPSA) is 64.3 Å². The van der Waals surface area contributed by atoms with Crippen LogP contribution in [0.15, 0.2) is 42.1 Å². The zero-order chi connectivity index (χ0) is 14.5. The highest BCUT2D eigenvalue weighted by molar-refractivity contribution is 7.80. The Hall–Kier alpha value is -2.09. The Labute approximate surface area is 112 Å². The summed E-state index contributed by atoms with van der Waals surface area (Å²) in [5.74, 6) is 0.232. The molecule has 1 amide bonds. The standard InChI is InChI=1S/C11H9F3N2O2S/c12-11(13,14)8(15)6-9(19)16-10(17)18-7-4-2-1-3-5-7/h1-6H,15H2,(H,16,17,19). The van der Waals surface area contributed by atoms with E-state index < -0.39 is 23.0 Å². The number of allylic oxidation sites excluding steroid dienone is 1. The maximum atomic E-state index is 12.1. The number of hydrogen-bond donors (Lipinski definition) is 2. The highest BCUT2D eigenvalue weighted by Crippen LogP contribution is 2.21. The summed E-state index contributed by atoms with van der Waals surface area (Å²) in [4.78, 5) is 10.8. The summed E-state index contributed by atoms with van der Waals surface area (Å²) in [7, 11) is 0. The zero-order valence-corrected chi connectivity index (χ0v) is 10.2. The van der Waals surface area contributed by atoms with Crippen LogP contribution in [0.1, 0.15) is 0 Å². The first-order chi connectivity index (χ1) is 8.79. The zero-order valence-electron chi connectivity index (χ0n) is 9.40. The van der Waals surface area contributed by atoms with E-state index in [2.05, 4.69) is 12.2 Å². The van der Waals surface area contributed by atoms with Crippen molar-refractivity contribution in [3.8, 4) is 5.75 Å². The second-order valence-electron chi connectivity index (χ2n) is 3.29. The van der Waals surface area contributed by atoms with Crippen LogP contribution in [0.25, 0.3) is 0 Å². The van der Waals surface area contributed by atoms with Crippen LogP contribution in [-0.2, 0) is 0 Å². The van der Waals surface area contributed by atoms with Crippen molar-refractivity contribution < 1.29 is 22.7 Å². The number of nitrogens with one attached hydrogen (secondary N) is 1. The summed E-state index contributed by atoms with van der Waals surface area (Å²) in [5.41, 5.74) is 3.33. The predicted octanol–water partition coefficient (Wildman–Crippen LogP) is 2.51. The first kappa shape index (κ1) is 15.0. The Kier molecular flexibility index (Phi) is 4.87. The third-order valence-electron chi connectivity index (χ3n) is 1.79. The Morgan fingerprint density at radius 3 is 2.42 bits per heavy atom. The van der Waals surface area contributed by atoms with E-state index in [1.165, 1.54) is 12.1 Å². The Balaban J connectivity index is 2.56. The molecule has 0 aromatic heterocycles. The van der Waals surface area contributed by atoms with Crippen LogP contribution in [0.4, 0.5) is 18.0 Å². The Morgan fingerprint density at radius 2 is 1.89 bits per heavy atom. The summed E-state index contributed by atoms with van der Waals surface area (Å²) in [5, 5.41) is 1.95. The van der Waals surface area contributed by atoms with Crippen LogP contribution in [0, 0.1) is 0 Å². The van der Waals surface area contributed by atoms with E-state index in [4.69, 9.17) is 10.5 Å². The average Bonchev–Trinajstić information content (AvgIpc) is 2.28. The molecule has 0 saturated heterocycles. The van der Waals surface area contributed by atoms with Gasteiger partial charge in [-0.15, -0.1) is 0 Å². The molecule has 0 saturated carbocycles. The number of hydrogen-bond acceptors (Lipinski definition) is 4. The number of alkyl halides is 3. The van der Waals surface area contributed by atoms with Crippen molar-refractivity contribution in [1.29, 1.82) is 0 Å². The minimum Gasteiger partial charge on any atom is -0.410 e. The van der Waals surface area contributed by atoms with Crippen LogP contribution in [0.2, 0.25) is 0 Å². The molecule has 0 bridgehead atoms. The second-order valence-corrected chi connectivity index (χ2v) is 3.73. The van der Waals surface area contributed by atoms with Gasteiger partial charge in [0.25, 0.3) is 0 Å². The minimum absolute atomic E-state index is 0.232. The molecule has 0 aliphatic heterocycles. The maximum Gasteiger partial charge on any atom is 0.430 e. The molecule has 4 nitrogen and oxygen atoms in total. The van der Waals surface area contributed by atoms with Crippen LogP contribution >= 0.6 is 12.2 Å². The van der Waals surface area contributed by atoms with E-state index in [-0.39, 0.29) is 5.75 Å². The van der Waals surface area contributed by atoms with E-state index in [9.17, 15) is 18.0 Å². The lowest BCUT2D eigenvalue weighted by atomic mass is 10.3. The number of carbonyl (C=O) groups excluding carboxylic acids is 1. The largest absolute Gasteiger partial charge is 0.430 e. The fourth-order valence-electron chi connectivity index (χ4n) is 0.981. The number of nitrogens with two attached hydrogens (primary N) is 1. The van der Waals surface area contributed by atoms with Crippen molar-refractivity contribution in [1.82, 2.24) is 5.32 Å². The molecule has 102 valence electrons. The van der Waals surface area contributed by atoms with Crippen LogP contribution < -0.4 is 15.8 Å². The lowest BCUT2D eigenvalue weighted by Gasteiger charge is -2.08. The molecular formula is C11H9F3N2O2S. The number of para-hydroxylation sites is 1. The molecule has 3 N–H and O–H groups in total. The monoisotopic (exact) mass is 290 g/mol. The molecule has 1 aromatic carbocycles. The number of ether oxygens (including phenoxy) is 1. The summed E-state index contributed by atoms with van der Waals surface area (Å²) in [6.45, 7) is 0. The van der Waals surface area contributed by atoms with Crippen molar-refractivity contribution >= 4 is 23.3 Å². The van der Waals surface area contributed by atoms with Gasteiger partial charge in [0.05, 0.1) is 0 Å². The molecule has 1 aromatic rings. The summed E-state index contributed by atoms with van der Waals surface area (Å²) in [6, 6.07) is 7.97. The van der Waals surface area contributed by atoms with Crippen molar-refractivity contribution in [2.45, 2.75) is 6.18 Å². The fraction of sp³-hybridized carbons (Fsp3) is 0.0909. The van der Waals surface area contributed by atoms with Gasteiger partial charge in [0.15, 0.2) is 0 Å². The van der Waals surface area contributed by atoms with Gasteiger partial charge in [0.1, 0.15) is 16.4 Å². The molecule has 0 fully saturated rings. The van der Waals surface area contributed by atoms with Crippen LogP contribution in [-0.4, -0.2) is 17.3 Å². The van der Waals surface area contributed by atoms with Crippen molar-refractivity contribution in [3.63, 3.8) is 0 Å². The molecular weight excluding hydrogens is 281 g/mol. The molecule has 19 heavy (non-hydrogen) atoms. The number of rotatable bonds is 2. The Bertz CT molecular complexity index is 500. The third-order valence-corrected chi connectivity index (χ3v) is 2.01. The number of benzene rings is 1. The van der Waals surface area contributed by atoms with Gasteiger partial charge in [0.2, 0.25) is 0 Å². The summed E-state index contributed by atoms with van der Waals surface area (Å²) >= 11 is 4.52. The number of amides is 1. The first-order valence-electron chi connectivity index (χ1n) is 4.91. The van der Waals surface area contributed by atoms with Gasteiger partial charge in [-0.3, -0.25) is 5.32 Å². The third kappa shape index (κ3) is 5.38. The van der Waals surface area contributed by atoms with Gasteiger partial charge >= 0.3 is 12.3 Å². The SMILES string of the molecule is NC(=CC(=S)NC(=O)Oc1ccccc1)C(F)(F)F. The van der Waals surface area contributed by atoms with E-state index in [0.29, 0.717) is 6.08 Å². The molecule has 0 aliphatic rings. The molecule has 0 aliphatic carbocycles. The highest BCUT2D eigenvalue weighted by Gasteiger charge is 2.31. The lowest BCUT2D eigenvalue weighted by molar-refractivity contribution is -0.0925. The van der Waals surface area contributed by atoms with Gasteiger partial charge in [-0.25, -0.2) is 4.79 Å². The summed E-state index contributed by atoms with van der Waals surface area (Å²) < 4.78 is 41.1. The van der Waals surface area contributed by atoms with Gasteiger partial charge in [-0.1, -0.05) is 30.4 Å². The van der Waals surface area contributed by atoms with Crippen molar-refractivity contribution in [3.05, 3.63) is 42.1 Å². The summed E-state index contributed by atoms with van der Waals surface area (Å²) in [6.07, 6.45) is -5.26. The van der Waals surface area contributed by atoms with Crippen LogP contribution in [0.5, 0.6) is 5.75 Å². The van der Waals surface area contributed by atoms with E-state index >= 15 is 0 Å². The van der Waals surface area contributed by atoms with E-state index in [1.807, 2.05) is 5.32 Å². The molecule has 0 atom stereocenters. The molecule has 0 spiro atoms. The van der Waals surface area contributed by atoms with Crippen molar-refractivity contribution in [2.75, 3.05) is 0 Å². The molecule has 1 rings (SSSR count). The van der Waals surface area contributed by atoms with Gasteiger partial charge in [-0.2, -0.15) is 13.2 Å². The Morgan fingerprint density at radius 1 is 1.32 bits per heavy atom. The normalized spacial score (nSPS) is 11.8. The minimum atomic E-state index is -4.70. The van der Waals surface area contributed by atoms with Gasteiger partial charge in [-0.05, 0) is 12.1 Å². The fourth-order valence-corrected chi connectivity index (χ4v) is 1.19. The van der Waals surface area contributed by atoms with Crippen LogP contribution in [0.3, 0.4) is 0 Å². The predicted molar refractivity (Wildman–Crippen MR) is 66.5 cm³/mol. The number of halogens is 3. The second kappa shape index (κ2) is 6.19. The van der Waals surface area contributed by atoms with E-state index in [1.54, 1.807) is 18.2 Å². The quantitative estimate of drug-likeness (QED) is 0.649. The maximum absolute atomic E-state index is 12.1. The lowest BCUT2D eigenvalue weighted by Crippen LogP contribution is -2.32. The average molecular weight is 290 g/mol. The smallest absolute Gasteiger partial charge is 0.410 e. The molecule has 8 heteroatoms. The van der Waals surface area contributed by atoms with Gasteiger partial charge in [0, 0.05) is 6.08 Å². The molecule has 0 heterocycles. The molecule has 0 unspecified atom stereocenters. The number of thiocarbonyl (C=S) groups is 1. The van der Waals surface area contributed by atoms with E-state index in [0.717, 1.165) is 0 Å². The number of carbonyl (C=O) groups is 1. The van der Waals surface area contributed by atoms with Crippen molar-refractivity contribution in [2.24, 2.45) is 5.73 Å². The highest BCUT2D eigenvalue weighted by atomic mass is 32.1.